The molecule has 0 aromatic heterocycles. The van der Waals surface area contributed by atoms with Gasteiger partial charge in [0.05, 0.1) is 0 Å². The van der Waals surface area contributed by atoms with Gasteiger partial charge in [0, 0.05) is 26.0 Å². The van der Waals surface area contributed by atoms with Gasteiger partial charge in [-0.3, -0.25) is 0 Å². The first-order valence-electron chi connectivity index (χ1n) is 6.67. The van der Waals surface area contributed by atoms with Gasteiger partial charge in [-0.2, -0.15) is 17.2 Å². The Balaban J connectivity index is 2.90. The van der Waals surface area contributed by atoms with Crippen LogP contribution in [0.25, 0.3) is 0 Å². The van der Waals surface area contributed by atoms with E-state index in [1.54, 1.807) is 0 Å². The maximum absolute atomic E-state index is 13.5. The van der Waals surface area contributed by atoms with E-state index in [1.807, 2.05) is 6.92 Å². The van der Waals surface area contributed by atoms with Gasteiger partial charge in [-0.05, 0) is 6.42 Å². The summed E-state index contributed by atoms with van der Waals surface area (Å²) < 4.78 is 105. The van der Waals surface area contributed by atoms with E-state index < -0.39 is 34.4 Å². The predicted molar refractivity (Wildman–Crippen MR) is 69.3 cm³/mol. The van der Waals surface area contributed by atoms with Gasteiger partial charge >= 0.3 is 21.7 Å². The topological polar surface area (TPSA) is 59.1 Å². The highest BCUT2D eigenvalue weighted by Crippen LogP contribution is 2.35. The van der Waals surface area contributed by atoms with Gasteiger partial charge < -0.3 is 9.80 Å². The standard InChI is InChI=1S/C11H16F6N2O4S/c1-3-4-5-19-7-6-18(2)9(19)23-24(20,21)10(13,14)8(12)22-11(15,16)17/h6-9H,3-5H2,1-2H3. The number of halogens is 6. The molecule has 0 saturated heterocycles. The summed E-state index contributed by atoms with van der Waals surface area (Å²) >= 11 is 0. The van der Waals surface area contributed by atoms with Crippen molar-refractivity contribution in [3.05, 3.63) is 12.4 Å². The smallest absolute Gasteiger partial charge is 0.336 e. The third kappa shape index (κ3) is 4.89. The minimum absolute atomic E-state index is 0.237. The van der Waals surface area contributed by atoms with Crippen molar-refractivity contribution in [2.75, 3.05) is 13.6 Å². The second kappa shape index (κ2) is 7.35. The molecule has 0 bridgehead atoms. The van der Waals surface area contributed by atoms with Crippen LogP contribution in [0.5, 0.6) is 0 Å². The third-order valence-electron chi connectivity index (χ3n) is 2.94. The molecule has 1 rings (SSSR count). The normalized spacial score (nSPS) is 20.8. The molecule has 24 heavy (non-hydrogen) atoms. The van der Waals surface area contributed by atoms with Crippen LogP contribution < -0.4 is 0 Å². The van der Waals surface area contributed by atoms with Gasteiger partial charge in [0.2, 0.25) is 6.35 Å². The highest BCUT2D eigenvalue weighted by Gasteiger charge is 2.60. The lowest BCUT2D eigenvalue weighted by Crippen LogP contribution is -2.49. The Kier molecular flexibility index (Phi) is 6.38. The molecule has 0 fully saturated rings. The van der Waals surface area contributed by atoms with Crippen LogP contribution in [0.4, 0.5) is 26.3 Å². The molecule has 6 nitrogen and oxygen atoms in total. The Morgan fingerprint density at radius 2 is 1.79 bits per heavy atom. The quantitative estimate of drug-likeness (QED) is 0.472. The monoisotopic (exact) mass is 386 g/mol. The lowest BCUT2D eigenvalue weighted by atomic mass is 10.3. The van der Waals surface area contributed by atoms with Crippen molar-refractivity contribution in [1.82, 2.24) is 9.80 Å². The summed E-state index contributed by atoms with van der Waals surface area (Å²) in [4.78, 5) is 2.32. The number of unbranched alkanes of at least 4 members (excludes halogenated alkanes) is 1. The van der Waals surface area contributed by atoms with Crippen molar-refractivity contribution in [2.45, 2.75) is 44.1 Å². The van der Waals surface area contributed by atoms with Crippen LogP contribution in [0.15, 0.2) is 12.4 Å². The van der Waals surface area contributed by atoms with E-state index in [9.17, 15) is 34.8 Å². The van der Waals surface area contributed by atoms with Crippen LogP contribution in [-0.2, 0) is 19.0 Å². The zero-order valence-corrected chi connectivity index (χ0v) is 13.5. The van der Waals surface area contributed by atoms with Crippen LogP contribution in [0, 0.1) is 0 Å². The SMILES string of the molecule is CCCCN1C=CN(C)C1OS(=O)(=O)C(F)(F)C(F)OC(F)(F)F. The van der Waals surface area contributed by atoms with Gasteiger partial charge in [0.15, 0.2) is 0 Å². The molecule has 1 heterocycles. The summed E-state index contributed by atoms with van der Waals surface area (Å²) in [5.74, 6) is 0. The second-order valence-corrected chi connectivity index (χ2v) is 6.52. The van der Waals surface area contributed by atoms with E-state index in [0.717, 1.165) is 4.90 Å². The third-order valence-corrected chi connectivity index (χ3v) is 4.22. The first kappa shape index (κ1) is 20.8. The lowest BCUT2D eigenvalue weighted by Gasteiger charge is -2.31. The minimum Gasteiger partial charge on any atom is -0.336 e. The van der Waals surface area contributed by atoms with Crippen molar-refractivity contribution in [2.24, 2.45) is 0 Å². The molecular formula is C11H16F6N2O4S. The van der Waals surface area contributed by atoms with E-state index in [4.69, 9.17) is 0 Å². The van der Waals surface area contributed by atoms with Gasteiger partial charge in [0.1, 0.15) is 0 Å². The number of rotatable bonds is 8. The molecule has 0 aliphatic carbocycles. The molecule has 0 spiro atoms. The van der Waals surface area contributed by atoms with Crippen molar-refractivity contribution < 1.29 is 43.7 Å². The van der Waals surface area contributed by atoms with Gasteiger partial charge in [0.25, 0.3) is 6.36 Å². The second-order valence-electron chi connectivity index (χ2n) is 4.87. The highest BCUT2D eigenvalue weighted by atomic mass is 32.2. The molecule has 2 unspecified atom stereocenters. The Labute approximate surface area is 134 Å². The van der Waals surface area contributed by atoms with Crippen molar-refractivity contribution in [3.8, 4) is 0 Å². The van der Waals surface area contributed by atoms with Crippen molar-refractivity contribution in [1.29, 1.82) is 0 Å². The highest BCUT2D eigenvalue weighted by molar-refractivity contribution is 7.87. The molecule has 1 aliphatic heterocycles. The van der Waals surface area contributed by atoms with E-state index in [-0.39, 0.29) is 6.54 Å². The average molecular weight is 386 g/mol. The predicted octanol–water partition coefficient (Wildman–Crippen LogP) is 2.56. The summed E-state index contributed by atoms with van der Waals surface area (Å²) in [6.45, 7) is 2.06. The molecule has 0 aromatic carbocycles. The maximum Gasteiger partial charge on any atom is 0.525 e. The fraction of sp³-hybridized carbons (Fsp3) is 0.818. The molecule has 0 radical (unpaired) electrons. The molecule has 0 aromatic rings. The van der Waals surface area contributed by atoms with Crippen LogP contribution >= 0.6 is 0 Å². The van der Waals surface area contributed by atoms with Gasteiger partial charge in [-0.15, -0.1) is 13.2 Å². The van der Waals surface area contributed by atoms with Crippen LogP contribution in [0.1, 0.15) is 19.8 Å². The molecule has 2 atom stereocenters. The van der Waals surface area contributed by atoms with E-state index >= 15 is 0 Å². The summed E-state index contributed by atoms with van der Waals surface area (Å²) in [6.07, 6.45) is -7.87. The first-order chi connectivity index (χ1) is 10.8. The fourth-order valence-corrected chi connectivity index (χ4v) is 2.57. The molecular weight excluding hydrogens is 370 g/mol. The molecule has 13 heteroatoms. The Hall–Kier alpha value is -1.21. The minimum atomic E-state index is -6.06. The number of alkyl halides is 6. The summed E-state index contributed by atoms with van der Waals surface area (Å²) in [6, 6.07) is 0. The van der Waals surface area contributed by atoms with Crippen LogP contribution in [0.3, 0.4) is 0 Å². The fourth-order valence-electron chi connectivity index (χ4n) is 1.70. The summed E-state index contributed by atoms with van der Waals surface area (Å²) in [5.41, 5.74) is 0. The van der Waals surface area contributed by atoms with Gasteiger partial charge in [-0.25, -0.2) is 13.3 Å². The molecule has 0 N–H and O–H groups in total. The van der Waals surface area contributed by atoms with Crippen molar-refractivity contribution >= 4 is 10.1 Å². The van der Waals surface area contributed by atoms with Crippen molar-refractivity contribution in [3.63, 3.8) is 0 Å². The maximum atomic E-state index is 13.5. The number of hydrogen-bond acceptors (Lipinski definition) is 6. The molecule has 0 saturated carbocycles. The van der Waals surface area contributed by atoms with E-state index in [1.165, 1.54) is 24.3 Å². The molecule has 0 amide bonds. The zero-order valence-electron chi connectivity index (χ0n) is 12.6. The summed E-state index contributed by atoms with van der Waals surface area (Å²) in [5, 5.41) is -5.55. The van der Waals surface area contributed by atoms with Gasteiger partial charge in [-0.1, -0.05) is 13.3 Å². The number of ether oxygens (including phenoxy) is 1. The number of hydrogen-bond donors (Lipinski definition) is 0. The Morgan fingerprint density at radius 1 is 1.21 bits per heavy atom. The Morgan fingerprint density at radius 3 is 2.29 bits per heavy atom. The van der Waals surface area contributed by atoms with E-state index in [2.05, 4.69) is 8.92 Å². The first-order valence-corrected chi connectivity index (χ1v) is 8.08. The largest absolute Gasteiger partial charge is 0.525 e. The Bertz CT molecular complexity index is 553. The average Bonchev–Trinajstić information content (AvgIpc) is 2.75. The van der Waals surface area contributed by atoms with E-state index in [0.29, 0.717) is 12.8 Å². The lowest BCUT2D eigenvalue weighted by molar-refractivity contribution is -0.378. The van der Waals surface area contributed by atoms with Crippen LogP contribution in [-0.4, -0.2) is 56.1 Å². The van der Waals surface area contributed by atoms with Crippen LogP contribution in [0.2, 0.25) is 0 Å². The summed E-state index contributed by atoms with van der Waals surface area (Å²) in [7, 11) is -4.77. The molecule has 142 valence electrons. The molecule has 1 aliphatic rings. The zero-order chi connectivity index (χ0) is 18.8. The number of nitrogens with zero attached hydrogens (tertiary/aromatic N) is 2.